The van der Waals surface area contributed by atoms with E-state index in [1.807, 2.05) is 33.0 Å². The van der Waals surface area contributed by atoms with Crippen LogP contribution in [0, 0.1) is 6.92 Å². The number of hydrogen-bond donors (Lipinski definition) is 1. The van der Waals surface area contributed by atoms with Crippen LogP contribution in [0.5, 0.6) is 5.75 Å². The molecule has 1 fully saturated rings. The Morgan fingerprint density at radius 3 is 2.50 bits per heavy atom. The third kappa shape index (κ3) is 4.94. The Kier molecular flexibility index (Phi) is 6.94. The van der Waals surface area contributed by atoms with E-state index >= 15 is 0 Å². The Morgan fingerprint density at radius 1 is 1.18 bits per heavy atom. The summed E-state index contributed by atoms with van der Waals surface area (Å²) in [6.45, 7) is 6.36. The van der Waals surface area contributed by atoms with E-state index in [-0.39, 0.29) is 23.5 Å². The van der Waals surface area contributed by atoms with Crippen LogP contribution in [0.3, 0.4) is 0 Å². The van der Waals surface area contributed by atoms with Gasteiger partial charge in [0.2, 0.25) is 10.0 Å². The molecule has 0 aliphatic carbocycles. The smallest absolute Gasteiger partial charge is 0.323 e. The molecule has 0 radical (unpaired) electrons. The largest absolute Gasteiger partial charge is 0.491 e. The fourth-order valence-electron chi connectivity index (χ4n) is 4.62. The van der Waals surface area contributed by atoms with Crippen LogP contribution in [-0.4, -0.2) is 47.6 Å². The number of aliphatic carboxylic acids is 1. The molecule has 2 aromatic carbocycles. The monoisotopic (exact) mass is 504 g/mol. The Bertz CT molecular complexity index is 1320. The minimum Gasteiger partial charge on any atom is -0.491 e. The number of hydrogen-bond acceptors (Lipinski definition) is 4. The molecule has 182 valence electrons. The first-order chi connectivity index (χ1) is 16.1. The van der Waals surface area contributed by atoms with Gasteiger partial charge in [-0.05, 0) is 81.0 Å². The van der Waals surface area contributed by atoms with Crippen LogP contribution in [0.4, 0.5) is 0 Å². The lowest BCUT2D eigenvalue weighted by Gasteiger charge is -2.31. The summed E-state index contributed by atoms with van der Waals surface area (Å²) in [6, 6.07) is 10.5. The van der Waals surface area contributed by atoms with Gasteiger partial charge in [-0.1, -0.05) is 17.7 Å². The summed E-state index contributed by atoms with van der Waals surface area (Å²) in [5.74, 6) is -0.108. The van der Waals surface area contributed by atoms with Crippen molar-refractivity contribution >= 4 is 38.5 Å². The number of sulfonamides is 1. The molecule has 0 amide bonds. The number of nitrogens with zero attached hydrogens (tertiary/aromatic N) is 2. The molecule has 7 nitrogen and oxygen atoms in total. The number of piperidine rings is 1. The molecule has 0 bridgehead atoms. The fourth-order valence-corrected chi connectivity index (χ4v) is 6.34. The number of benzene rings is 2. The minimum atomic E-state index is -3.62. The molecular weight excluding hydrogens is 476 g/mol. The third-order valence-electron chi connectivity index (χ3n) is 6.22. The van der Waals surface area contributed by atoms with E-state index in [1.54, 1.807) is 34.9 Å². The van der Waals surface area contributed by atoms with E-state index in [2.05, 4.69) is 0 Å². The molecule has 1 aliphatic heterocycles. The number of carbonyl (C=O) groups is 1. The number of ether oxygens (including phenoxy) is 1. The number of halogens is 1. The average molecular weight is 505 g/mol. The van der Waals surface area contributed by atoms with Crippen molar-refractivity contribution in [2.24, 2.45) is 0 Å². The van der Waals surface area contributed by atoms with Gasteiger partial charge in [0.15, 0.2) is 0 Å². The minimum absolute atomic E-state index is 0.0117. The zero-order valence-electron chi connectivity index (χ0n) is 19.5. The molecule has 0 atom stereocenters. The standard InChI is InChI=1S/C25H29ClN2O5S/c1-16(2)33-24-7-5-20(12-17(24)3)34(31,32)28-10-8-18(9-11-28)22-14-27(15-25(29)30)23-13-19(26)4-6-21(22)23/h4-7,12-14,16,18H,8-11,15H2,1-3H3,(H,29,30). The molecule has 1 saturated heterocycles. The maximum absolute atomic E-state index is 13.3. The van der Waals surface area contributed by atoms with E-state index in [1.165, 1.54) is 4.31 Å². The first-order valence-corrected chi connectivity index (χ1v) is 13.2. The molecular formula is C25H29ClN2O5S. The average Bonchev–Trinajstić information content (AvgIpc) is 3.11. The van der Waals surface area contributed by atoms with E-state index in [9.17, 15) is 18.3 Å². The number of aromatic nitrogens is 1. The van der Waals surface area contributed by atoms with Gasteiger partial charge in [-0.3, -0.25) is 4.79 Å². The lowest BCUT2D eigenvalue weighted by molar-refractivity contribution is -0.137. The van der Waals surface area contributed by atoms with Crippen LogP contribution in [-0.2, 0) is 21.4 Å². The van der Waals surface area contributed by atoms with Gasteiger partial charge in [-0.25, -0.2) is 8.42 Å². The highest BCUT2D eigenvalue weighted by Crippen LogP contribution is 2.37. The normalized spacial score (nSPS) is 15.8. The predicted octanol–water partition coefficient (Wildman–Crippen LogP) is 5.04. The van der Waals surface area contributed by atoms with Crippen molar-refractivity contribution in [2.45, 2.75) is 57.1 Å². The quantitative estimate of drug-likeness (QED) is 0.486. The Morgan fingerprint density at radius 2 is 1.88 bits per heavy atom. The molecule has 9 heteroatoms. The Hall–Kier alpha value is -2.55. The highest BCUT2D eigenvalue weighted by atomic mass is 35.5. The molecule has 1 N–H and O–H groups in total. The predicted molar refractivity (Wildman–Crippen MR) is 132 cm³/mol. The first kappa shape index (κ1) is 24.6. The van der Waals surface area contributed by atoms with Crippen LogP contribution in [0.15, 0.2) is 47.5 Å². The molecule has 4 rings (SSSR count). The van der Waals surface area contributed by atoms with Crippen molar-refractivity contribution in [2.75, 3.05) is 13.1 Å². The van der Waals surface area contributed by atoms with E-state index in [4.69, 9.17) is 16.3 Å². The van der Waals surface area contributed by atoms with Gasteiger partial charge in [-0.15, -0.1) is 0 Å². The Balaban J connectivity index is 1.54. The summed E-state index contributed by atoms with van der Waals surface area (Å²) in [7, 11) is -3.62. The van der Waals surface area contributed by atoms with Gasteiger partial charge in [0, 0.05) is 29.7 Å². The maximum atomic E-state index is 13.3. The molecule has 1 aliphatic rings. The van der Waals surface area contributed by atoms with Crippen molar-refractivity contribution in [1.82, 2.24) is 8.87 Å². The van der Waals surface area contributed by atoms with Crippen molar-refractivity contribution in [3.05, 3.63) is 58.7 Å². The van der Waals surface area contributed by atoms with Crippen LogP contribution < -0.4 is 4.74 Å². The van der Waals surface area contributed by atoms with Crippen molar-refractivity contribution < 1.29 is 23.1 Å². The van der Waals surface area contributed by atoms with Gasteiger partial charge in [0.1, 0.15) is 12.3 Å². The summed E-state index contributed by atoms with van der Waals surface area (Å²) in [6.07, 6.45) is 3.20. The second-order valence-corrected chi connectivity index (χ2v) is 11.4. The molecule has 0 spiro atoms. The van der Waals surface area contributed by atoms with E-state index < -0.39 is 16.0 Å². The van der Waals surface area contributed by atoms with Crippen molar-refractivity contribution in [3.8, 4) is 5.75 Å². The Labute approximate surface area is 204 Å². The molecule has 34 heavy (non-hydrogen) atoms. The lowest BCUT2D eigenvalue weighted by Crippen LogP contribution is -2.37. The number of fused-ring (bicyclic) bond motifs is 1. The second-order valence-electron chi connectivity index (χ2n) is 9.04. The number of aryl methyl sites for hydroxylation is 1. The molecule has 0 saturated carbocycles. The molecule has 3 aromatic rings. The molecule has 1 aromatic heterocycles. The van der Waals surface area contributed by atoms with Gasteiger partial charge >= 0.3 is 5.97 Å². The third-order valence-corrected chi connectivity index (χ3v) is 8.35. The van der Waals surface area contributed by atoms with Gasteiger partial charge in [-0.2, -0.15) is 4.31 Å². The van der Waals surface area contributed by atoms with Crippen LogP contribution in [0.2, 0.25) is 5.02 Å². The SMILES string of the molecule is Cc1cc(S(=O)(=O)N2CCC(c3cn(CC(=O)O)c4cc(Cl)ccc34)CC2)ccc1OC(C)C. The number of rotatable bonds is 7. The van der Waals surface area contributed by atoms with Gasteiger partial charge in [0.25, 0.3) is 0 Å². The highest BCUT2D eigenvalue weighted by molar-refractivity contribution is 7.89. The summed E-state index contributed by atoms with van der Waals surface area (Å²) in [5, 5.41) is 10.8. The number of carboxylic acid groups (broad SMARTS) is 1. The maximum Gasteiger partial charge on any atom is 0.323 e. The van der Waals surface area contributed by atoms with Crippen LogP contribution in [0.1, 0.15) is 43.7 Å². The fraction of sp³-hybridized carbons (Fsp3) is 0.400. The number of carboxylic acids is 1. The van der Waals surface area contributed by atoms with Gasteiger partial charge in [0.05, 0.1) is 16.5 Å². The van der Waals surface area contributed by atoms with Crippen LogP contribution in [0.25, 0.3) is 10.9 Å². The highest BCUT2D eigenvalue weighted by Gasteiger charge is 2.31. The van der Waals surface area contributed by atoms with Crippen molar-refractivity contribution in [1.29, 1.82) is 0 Å². The van der Waals surface area contributed by atoms with Crippen molar-refractivity contribution in [3.63, 3.8) is 0 Å². The van der Waals surface area contributed by atoms with E-state index in [0.29, 0.717) is 36.7 Å². The summed E-state index contributed by atoms with van der Waals surface area (Å²) >= 11 is 6.15. The molecule has 0 unspecified atom stereocenters. The lowest BCUT2D eigenvalue weighted by atomic mass is 9.90. The zero-order valence-corrected chi connectivity index (χ0v) is 21.1. The molecule has 2 heterocycles. The van der Waals surface area contributed by atoms with E-state index in [0.717, 1.165) is 22.0 Å². The summed E-state index contributed by atoms with van der Waals surface area (Å²) < 4.78 is 35.6. The second kappa shape index (κ2) is 9.60. The van der Waals surface area contributed by atoms with Crippen LogP contribution >= 0.6 is 11.6 Å². The first-order valence-electron chi connectivity index (χ1n) is 11.3. The topological polar surface area (TPSA) is 88.8 Å². The summed E-state index contributed by atoms with van der Waals surface area (Å²) in [5.41, 5.74) is 2.60. The summed E-state index contributed by atoms with van der Waals surface area (Å²) in [4.78, 5) is 11.6. The zero-order chi connectivity index (χ0) is 24.6. The van der Waals surface area contributed by atoms with Gasteiger partial charge < -0.3 is 14.4 Å².